The average molecular weight is 475 g/mol. The molecule has 0 saturated carbocycles. The number of aromatic amines is 1. The van der Waals surface area contributed by atoms with Crippen LogP contribution in [0.1, 0.15) is 49.4 Å². The summed E-state index contributed by atoms with van der Waals surface area (Å²) in [6.07, 6.45) is 0.588. The standard InChI is InChI=1S/C15H15BrN4O7S/c1-4-5-27-14(22)7-6(2)10(15(23)26-3)28-13(7)17-12(21)9-8(16)11(19-18-9)20(24)25/h4-5H2,1-3H3,(H,17,21)(H,18,19). The Balaban J connectivity index is 2.43. The Labute approximate surface area is 170 Å². The highest BCUT2D eigenvalue weighted by Gasteiger charge is 2.30. The Morgan fingerprint density at radius 3 is 2.57 bits per heavy atom. The third-order valence-electron chi connectivity index (χ3n) is 3.47. The number of hydrogen-bond donors (Lipinski definition) is 2. The Morgan fingerprint density at radius 1 is 1.36 bits per heavy atom. The number of anilines is 1. The lowest BCUT2D eigenvalue weighted by atomic mass is 10.1. The molecule has 0 aliphatic rings. The van der Waals surface area contributed by atoms with Gasteiger partial charge >= 0.3 is 17.8 Å². The smallest absolute Gasteiger partial charge is 0.357 e. The van der Waals surface area contributed by atoms with Gasteiger partial charge in [0.2, 0.25) is 0 Å². The summed E-state index contributed by atoms with van der Waals surface area (Å²) in [6.45, 7) is 3.50. The molecule has 11 nitrogen and oxygen atoms in total. The average Bonchev–Trinajstić information content (AvgIpc) is 3.19. The molecule has 2 N–H and O–H groups in total. The second-order valence-electron chi connectivity index (χ2n) is 5.33. The zero-order valence-corrected chi connectivity index (χ0v) is 17.4. The van der Waals surface area contributed by atoms with Crippen molar-refractivity contribution in [2.45, 2.75) is 20.3 Å². The number of methoxy groups -OCH3 is 1. The van der Waals surface area contributed by atoms with Crippen LogP contribution in [0.4, 0.5) is 10.8 Å². The highest BCUT2D eigenvalue weighted by molar-refractivity contribution is 9.10. The van der Waals surface area contributed by atoms with Crippen LogP contribution in [-0.2, 0) is 9.47 Å². The minimum atomic E-state index is -0.821. The van der Waals surface area contributed by atoms with Crippen molar-refractivity contribution in [3.8, 4) is 0 Å². The molecule has 0 spiro atoms. The fraction of sp³-hybridized carbons (Fsp3) is 0.333. The van der Waals surface area contributed by atoms with Crippen molar-refractivity contribution >= 4 is 55.9 Å². The third kappa shape index (κ3) is 4.20. The summed E-state index contributed by atoms with van der Waals surface area (Å²) in [7, 11) is 1.19. The number of nitrogens with one attached hydrogen (secondary N) is 2. The predicted molar refractivity (Wildman–Crippen MR) is 102 cm³/mol. The molecule has 28 heavy (non-hydrogen) atoms. The van der Waals surface area contributed by atoms with Crippen LogP contribution in [0.15, 0.2) is 4.47 Å². The van der Waals surface area contributed by atoms with Gasteiger partial charge in [-0.25, -0.2) is 9.59 Å². The molecule has 1 amide bonds. The van der Waals surface area contributed by atoms with E-state index in [4.69, 9.17) is 9.47 Å². The lowest BCUT2D eigenvalue weighted by Gasteiger charge is -2.06. The third-order valence-corrected chi connectivity index (χ3v) is 5.41. The molecule has 0 atom stereocenters. The molecule has 2 aromatic rings. The molecular weight excluding hydrogens is 460 g/mol. The van der Waals surface area contributed by atoms with Crippen LogP contribution in [0.5, 0.6) is 0 Å². The molecular formula is C15H15BrN4O7S. The number of carbonyl (C=O) groups is 3. The predicted octanol–water partition coefficient (Wildman–Crippen LogP) is 3.06. The fourth-order valence-corrected chi connectivity index (χ4v) is 3.76. The number of H-pyrrole nitrogens is 1. The van der Waals surface area contributed by atoms with Gasteiger partial charge < -0.3 is 24.9 Å². The van der Waals surface area contributed by atoms with Crippen molar-refractivity contribution in [3.63, 3.8) is 0 Å². The number of carbonyl (C=O) groups excluding carboxylic acids is 3. The van der Waals surface area contributed by atoms with Crippen molar-refractivity contribution in [2.24, 2.45) is 0 Å². The van der Waals surface area contributed by atoms with Gasteiger partial charge in [-0.05, 0) is 39.8 Å². The van der Waals surface area contributed by atoms with Crippen LogP contribution in [0.25, 0.3) is 0 Å². The largest absolute Gasteiger partial charge is 0.465 e. The van der Waals surface area contributed by atoms with Crippen molar-refractivity contribution in [1.82, 2.24) is 10.2 Å². The number of aromatic nitrogens is 2. The van der Waals surface area contributed by atoms with Crippen LogP contribution in [-0.4, -0.2) is 46.7 Å². The molecule has 2 aromatic heterocycles. The number of amides is 1. The van der Waals surface area contributed by atoms with E-state index in [0.717, 1.165) is 11.3 Å². The van der Waals surface area contributed by atoms with E-state index in [2.05, 4.69) is 31.4 Å². The maximum Gasteiger partial charge on any atom is 0.357 e. The molecule has 0 aliphatic heterocycles. The summed E-state index contributed by atoms with van der Waals surface area (Å²) in [5.41, 5.74) is 0.0129. The molecule has 0 radical (unpaired) electrons. The highest BCUT2D eigenvalue weighted by atomic mass is 79.9. The second-order valence-corrected chi connectivity index (χ2v) is 7.15. The Kier molecular flexibility index (Phi) is 6.85. The summed E-state index contributed by atoms with van der Waals surface area (Å²) < 4.78 is 9.66. The molecule has 0 saturated heterocycles. The number of nitro groups is 1. The summed E-state index contributed by atoms with van der Waals surface area (Å²) in [5, 5.41) is 19.1. The molecule has 0 bridgehead atoms. The number of nitrogens with zero attached hydrogens (tertiary/aromatic N) is 2. The van der Waals surface area contributed by atoms with E-state index < -0.39 is 28.6 Å². The minimum Gasteiger partial charge on any atom is -0.465 e. The number of halogens is 1. The van der Waals surface area contributed by atoms with E-state index >= 15 is 0 Å². The lowest BCUT2D eigenvalue weighted by molar-refractivity contribution is -0.390. The Hall–Kier alpha value is -2.80. The first kappa shape index (κ1) is 21.5. The number of rotatable bonds is 7. The van der Waals surface area contributed by atoms with Gasteiger partial charge in [0.15, 0.2) is 5.69 Å². The van der Waals surface area contributed by atoms with E-state index in [1.807, 2.05) is 6.92 Å². The van der Waals surface area contributed by atoms with Gasteiger partial charge in [-0.15, -0.1) is 16.4 Å². The fourth-order valence-electron chi connectivity index (χ4n) is 2.15. The minimum absolute atomic E-state index is 0.00774. The van der Waals surface area contributed by atoms with Crippen LogP contribution in [0.3, 0.4) is 0 Å². The Bertz CT molecular complexity index is 953. The molecule has 0 fully saturated rings. The van der Waals surface area contributed by atoms with Crippen LogP contribution in [0.2, 0.25) is 0 Å². The quantitative estimate of drug-likeness (QED) is 0.352. The Morgan fingerprint density at radius 2 is 2.04 bits per heavy atom. The normalized spacial score (nSPS) is 10.4. The second kappa shape index (κ2) is 8.93. The zero-order valence-electron chi connectivity index (χ0n) is 15.0. The molecule has 0 unspecified atom stereocenters. The monoisotopic (exact) mass is 474 g/mol. The number of ether oxygens (including phenoxy) is 2. The first-order chi connectivity index (χ1) is 13.2. The van der Waals surface area contributed by atoms with E-state index in [1.54, 1.807) is 0 Å². The van der Waals surface area contributed by atoms with Crippen molar-refractivity contribution < 1.29 is 28.8 Å². The van der Waals surface area contributed by atoms with E-state index in [0.29, 0.717) is 12.0 Å². The van der Waals surface area contributed by atoms with Gasteiger partial charge in [0.1, 0.15) is 14.4 Å². The van der Waals surface area contributed by atoms with E-state index in [1.165, 1.54) is 14.0 Å². The SMILES string of the molecule is CCCOC(=O)c1c(NC(=O)c2n[nH]c([N+](=O)[O-])c2Br)sc(C(=O)OC)c1C. The van der Waals surface area contributed by atoms with E-state index in [-0.39, 0.29) is 32.2 Å². The van der Waals surface area contributed by atoms with Gasteiger partial charge in [-0.1, -0.05) is 12.0 Å². The summed E-state index contributed by atoms with van der Waals surface area (Å²) >= 11 is 3.77. The molecule has 2 heterocycles. The zero-order chi connectivity index (χ0) is 21.0. The topological polar surface area (TPSA) is 154 Å². The van der Waals surface area contributed by atoms with E-state index in [9.17, 15) is 24.5 Å². The summed E-state index contributed by atoms with van der Waals surface area (Å²) in [4.78, 5) is 47.1. The first-order valence-electron chi connectivity index (χ1n) is 7.81. The molecule has 13 heteroatoms. The summed E-state index contributed by atoms with van der Waals surface area (Å²) in [6, 6.07) is 0. The van der Waals surface area contributed by atoms with Crippen LogP contribution in [0, 0.1) is 17.0 Å². The molecule has 0 aliphatic carbocycles. The van der Waals surface area contributed by atoms with Gasteiger partial charge in [0.25, 0.3) is 5.91 Å². The maximum absolute atomic E-state index is 12.5. The highest BCUT2D eigenvalue weighted by Crippen LogP contribution is 2.35. The maximum atomic E-state index is 12.5. The van der Waals surface area contributed by atoms with Crippen molar-refractivity contribution in [1.29, 1.82) is 0 Å². The first-order valence-corrected chi connectivity index (χ1v) is 9.42. The van der Waals surface area contributed by atoms with Crippen LogP contribution >= 0.6 is 27.3 Å². The van der Waals surface area contributed by atoms with Gasteiger partial charge in [-0.2, -0.15) is 0 Å². The van der Waals surface area contributed by atoms with Crippen LogP contribution < -0.4 is 5.32 Å². The van der Waals surface area contributed by atoms with Crippen molar-refractivity contribution in [2.75, 3.05) is 19.0 Å². The lowest BCUT2D eigenvalue weighted by Crippen LogP contribution is -2.16. The summed E-state index contributed by atoms with van der Waals surface area (Å²) in [5.74, 6) is -2.71. The number of thiophene rings is 1. The number of esters is 2. The molecule has 0 aromatic carbocycles. The van der Waals surface area contributed by atoms with Gasteiger partial charge in [0.05, 0.1) is 19.3 Å². The van der Waals surface area contributed by atoms with Gasteiger partial charge in [-0.3, -0.25) is 4.79 Å². The molecule has 2 rings (SSSR count). The van der Waals surface area contributed by atoms with Crippen molar-refractivity contribution in [3.05, 3.63) is 36.3 Å². The number of hydrogen-bond acceptors (Lipinski definition) is 9. The molecule has 150 valence electrons. The van der Waals surface area contributed by atoms with Gasteiger partial charge in [0, 0.05) is 0 Å².